The molecule has 0 aliphatic heterocycles. The van der Waals surface area contributed by atoms with E-state index in [2.05, 4.69) is 21.2 Å². The number of hydrogen-bond acceptors (Lipinski definition) is 4. The summed E-state index contributed by atoms with van der Waals surface area (Å²) in [7, 11) is 0. The maximum Gasteiger partial charge on any atom is 0.339 e. The minimum absolute atomic E-state index is 0.337. The molecule has 0 radical (unpaired) electrons. The van der Waals surface area contributed by atoms with Gasteiger partial charge in [0.1, 0.15) is 0 Å². The average molecular weight is 439 g/mol. The van der Waals surface area contributed by atoms with Crippen molar-refractivity contribution in [1.82, 2.24) is 4.98 Å². The number of carbonyl (C=O) groups excluding carboxylic acids is 2. The van der Waals surface area contributed by atoms with E-state index in [9.17, 15) is 9.59 Å². The van der Waals surface area contributed by atoms with Crippen molar-refractivity contribution in [2.75, 3.05) is 11.9 Å². The Morgan fingerprint density at radius 1 is 1.07 bits per heavy atom. The van der Waals surface area contributed by atoms with E-state index in [1.807, 2.05) is 36.4 Å². The number of hydrogen-bond donors (Lipinski definition) is 1. The number of ether oxygens (including phenoxy) is 1. The molecule has 1 aliphatic carbocycles. The number of anilines is 1. The van der Waals surface area contributed by atoms with Gasteiger partial charge in [-0.25, -0.2) is 4.79 Å². The normalized spacial score (nSPS) is 13.0. The monoisotopic (exact) mass is 438 g/mol. The third kappa shape index (κ3) is 3.92. The highest BCUT2D eigenvalue weighted by Crippen LogP contribution is 2.29. The largest absolute Gasteiger partial charge is 0.452 e. The highest BCUT2D eigenvalue weighted by Gasteiger charge is 2.24. The molecule has 0 spiro atoms. The van der Waals surface area contributed by atoms with Gasteiger partial charge in [0.25, 0.3) is 5.91 Å². The van der Waals surface area contributed by atoms with Crippen LogP contribution in [-0.2, 0) is 22.4 Å². The summed E-state index contributed by atoms with van der Waals surface area (Å²) >= 11 is 3.36. The Morgan fingerprint density at radius 2 is 1.89 bits per heavy atom. The number of pyridine rings is 1. The van der Waals surface area contributed by atoms with Gasteiger partial charge in [-0.2, -0.15) is 0 Å². The van der Waals surface area contributed by atoms with Gasteiger partial charge >= 0.3 is 5.97 Å². The van der Waals surface area contributed by atoms with Crippen LogP contribution in [0, 0.1) is 0 Å². The van der Waals surface area contributed by atoms with Crippen molar-refractivity contribution >= 4 is 44.4 Å². The first-order valence-corrected chi connectivity index (χ1v) is 10.0. The molecule has 3 aromatic rings. The van der Waals surface area contributed by atoms with Crippen LogP contribution in [0.25, 0.3) is 10.9 Å². The molecule has 0 saturated heterocycles. The van der Waals surface area contributed by atoms with E-state index < -0.39 is 5.97 Å². The quantitative estimate of drug-likeness (QED) is 0.600. The van der Waals surface area contributed by atoms with Crippen molar-refractivity contribution in [3.63, 3.8) is 0 Å². The standard InChI is InChI=1S/C22H19BrN2O3/c23-14-6-5-7-15(12-14)24-20(26)13-28-22(27)21-16-8-1-3-10-18(16)25-19-11-4-2-9-17(19)21/h1,3,5-8,10,12H,2,4,9,11,13H2,(H,24,26). The Morgan fingerprint density at radius 3 is 2.75 bits per heavy atom. The average Bonchev–Trinajstić information content (AvgIpc) is 2.70. The Kier molecular flexibility index (Phi) is 5.39. The van der Waals surface area contributed by atoms with Crippen molar-refractivity contribution in [2.24, 2.45) is 0 Å². The van der Waals surface area contributed by atoms with E-state index in [0.717, 1.165) is 52.3 Å². The van der Waals surface area contributed by atoms with Crippen LogP contribution in [0.15, 0.2) is 53.0 Å². The molecule has 0 fully saturated rings. The summed E-state index contributed by atoms with van der Waals surface area (Å²) in [6, 6.07) is 14.8. The fraction of sp³-hybridized carbons (Fsp3) is 0.227. The van der Waals surface area contributed by atoms with Crippen LogP contribution in [-0.4, -0.2) is 23.5 Å². The lowest BCUT2D eigenvalue weighted by molar-refractivity contribution is -0.119. The molecular formula is C22H19BrN2O3. The molecule has 0 atom stereocenters. The zero-order valence-electron chi connectivity index (χ0n) is 15.2. The summed E-state index contributed by atoms with van der Waals surface area (Å²) in [6.45, 7) is -0.337. The second-order valence-corrected chi connectivity index (χ2v) is 7.69. The number of aromatic nitrogens is 1. The number of aryl methyl sites for hydroxylation is 1. The molecule has 1 aromatic heterocycles. The van der Waals surface area contributed by atoms with Gasteiger partial charge in [-0.3, -0.25) is 9.78 Å². The molecule has 1 N–H and O–H groups in total. The molecule has 2 aromatic carbocycles. The minimum atomic E-state index is -0.471. The van der Waals surface area contributed by atoms with Crippen molar-refractivity contribution < 1.29 is 14.3 Å². The molecule has 0 saturated carbocycles. The van der Waals surface area contributed by atoms with E-state index in [1.165, 1.54) is 0 Å². The summed E-state index contributed by atoms with van der Waals surface area (Å²) in [6.07, 6.45) is 3.77. The number of nitrogens with zero attached hydrogens (tertiary/aromatic N) is 1. The van der Waals surface area contributed by atoms with Gasteiger partial charge in [0.15, 0.2) is 6.61 Å². The predicted molar refractivity (Wildman–Crippen MR) is 111 cm³/mol. The van der Waals surface area contributed by atoms with Gasteiger partial charge in [0.2, 0.25) is 0 Å². The summed E-state index contributed by atoms with van der Waals surface area (Å²) in [5.74, 6) is -0.847. The molecule has 0 unspecified atom stereocenters. The lowest BCUT2D eigenvalue weighted by Gasteiger charge is -2.19. The van der Waals surface area contributed by atoms with Gasteiger partial charge in [-0.05, 0) is 55.5 Å². The Labute approximate surface area is 171 Å². The first-order chi connectivity index (χ1) is 13.6. The third-order valence-electron chi connectivity index (χ3n) is 4.82. The van der Waals surface area contributed by atoms with Crippen LogP contribution >= 0.6 is 15.9 Å². The molecule has 6 heteroatoms. The number of halogens is 1. The van der Waals surface area contributed by atoms with E-state index in [-0.39, 0.29) is 12.5 Å². The van der Waals surface area contributed by atoms with Gasteiger partial charge in [0, 0.05) is 21.2 Å². The SMILES string of the molecule is O=C(COC(=O)c1c2c(nc3ccccc13)CCCC2)Nc1cccc(Br)c1. The molecule has 0 bridgehead atoms. The zero-order chi connectivity index (χ0) is 19.5. The predicted octanol–water partition coefficient (Wildman–Crippen LogP) is 4.67. The third-order valence-corrected chi connectivity index (χ3v) is 5.31. The maximum atomic E-state index is 12.9. The number of fused-ring (bicyclic) bond motifs is 2. The van der Waals surface area contributed by atoms with Crippen LogP contribution in [0.2, 0.25) is 0 Å². The number of para-hydroxylation sites is 1. The van der Waals surface area contributed by atoms with Crippen LogP contribution in [0.1, 0.15) is 34.5 Å². The molecule has 28 heavy (non-hydrogen) atoms. The summed E-state index contributed by atoms with van der Waals surface area (Å²) in [5.41, 5.74) is 3.91. The highest BCUT2D eigenvalue weighted by molar-refractivity contribution is 9.10. The van der Waals surface area contributed by atoms with Gasteiger partial charge in [-0.1, -0.05) is 40.2 Å². The number of carbonyl (C=O) groups is 2. The lowest BCUT2D eigenvalue weighted by atomic mass is 9.90. The maximum absolute atomic E-state index is 12.9. The van der Waals surface area contributed by atoms with Gasteiger partial charge in [0.05, 0.1) is 11.1 Å². The van der Waals surface area contributed by atoms with Crippen molar-refractivity contribution in [1.29, 1.82) is 0 Å². The first kappa shape index (κ1) is 18.6. The van der Waals surface area contributed by atoms with E-state index in [0.29, 0.717) is 11.3 Å². The van der Waals surface area contributed by atoms with Crippen LogP contribution in [0.3, 0.4) is 0 Å². The topological polar surface area (TPSA) is 68.3 Å². The van der Waals surface area contributed by atoms with E-state index >= 15 is 0 Å². The van der Waals surface area contributed by atoms with Gasteiger partial charge in [-0.15, -0.1) is 0 Å². The van der Waals surface area contributed by atoms with Crippen molar-refractivity contribution in [2.45, 2.75) is 25.7 Å². The number of rotatable bonds is 4. The number of nitrogens with one attached hydrogen (secondary N) is 1. The fourth-order valence-corrected chi connectivity index (χ4v) is 3.97. The summed E-state index contributed by atoms with van der Waals surface area (Å²) < 4.78 is 6.23. The minimum Gasteiger partial charge on any atom is -0.452 e. The Balaban J connectivity index is 1.55. The molecule has 1 heterocycles. The number of esters is 1. The van der Waals surface area contributed by atoms with Crippen molar-refractivity contribution in [3.8, 4) is 0 Å². The smallest absolute Gasteiger partial charge is 0.339 e. The summed E-state index contributed by atoms with van der Waals surface area (Å²) in [4.78, 5) is 29.8. The second kappa shape index (κ2) is 8.10. The number of benzene rings is 2. The highest BCUT2D eigenvalue weighted by atomic mass is 79.9. The van der Waals surface area contributed by atoms with E-state index in [4.69, 9.17) is 9.72 Å². The molecule has 1 amide bonds. The Hall–Kier alpha value is -2.73. The fourth-order valence-electron chi connectivity index (χ4n) is 3.57. The summed E-state index contributed by atoms with van der Waals surface area (Å²) in [5, 5.41) is 3.51. The first-order valence-electron chi connectivity index (χ1n) is 9.25. The Bertz CT molecular complexity index is 1060. The molecule has 4 rings (SSSR count). The van der Waals surface area contributed by atoms with Crippen LogP contribution < -0.4 is 5.32 Å². The molecule has 5 nitrogen and oxygen atoms in total. The van der Waals surface area contributed by atoms with E-state index in [1.54, 1.807) is 12.1 Å². The van der Waals surface area contributed by atoms with Crippen molar-refractivity contribution in [3.05, 3.63) is 69.8 Å². The zero-order valence-corrected chi connectivity index (χ0v) is 16.8. The molecule has 1 aliphatic rings. The second-order valence-electron chi connectivity index (χ2n) is 6.77. The van der Waals surface area contributed by atoms with Gasteiger partial charge < -0.3 is 10.1 Å². The van der Waals surface area contributed by atoms with Crippen LogP contribution in [0.4, 0.5) is 5.69 Å². The molecular weight excluding hydrogens is 420 g/mol. The number of amides is 1. The van der Waals surface area contributed by atoms with Crippen LogP contribution in [0.5, 0.6) is 0 Å². The lowest BCUT2D eigenvalue weighted by Crippen LogP contribution is -2.22. The molecule has 142 valence electrons.